The van der Waals surface area contributed by atoms with Gasteiger partial charge in [-0.15, -0.1) is 0 Å². The van der Waals surface area contributed by atoms with Crippen molar-refractivity contribution in [2.24, 2.45) is 11.5 Å². The Hall–Kier alpha value is -2.71. The third kappa shape index (κ3) is 11.0. The molecule has 2 atom stereocenters. The summed E-state index contributed by atoms with van der Waals surface area (Å²) in [6.07, 6.45) is 1.03. The second-order valence-electron chi connectivity index (χ2n) is 5.86. The number of carbonyl (C=O) groups is 4. The molecule has 0 unspecified atom stereocenters. The zero-order chi connectivity index (χ0) is 20.1. The van der Waals surface area contributed by atoms with E-state index in [-0.39, 0.29) is 25.8 Å². The van der Waals surface area contributed by atoms with Gasteiger partial charge in [0.15, 0.2) is 5.78 Å². The molecular weight excluding hydrogens is 342 g/mol. The van der Waals surface area contributed by atoms with Crippen LogP contribution in [0, 0.1) is 0 Å². The highest BCUT2D eigenvalue weighted by Crippen LogP contribution is 2.05. The number of hydrogen-bond donors (Lipinski definition) is 4. The molecule has 10 heteroatoms. The van der Waals surface area contributed by atoms with Crippen LogP contribution in [0.15, 0.2) is 6.08 Å². The van der Waals surface area contributed by atoms with Crippen LogP contribution in [0.3, 0.4) is 0 Å². The van der Waals surface area contributed by atoms with Crippen molar-refractivity contribution in [3.05, 3.63) is 11.5 Å². The molecule has 3 amide bonds. The molecule has 0 aromatic carbocycles. The fraction of sp³-hybridized carbons (Fsp3) is 0.625. The Morgan fingerprint density at radius 3 is 2.42 bits per heavy atom. The largest absolute Gasteiger partial charge is 0.763 e. The average Bonchev–Trinajstić information content (AvgIpc) is 2.54. The first kappa shape index (κ1) is 23.3. The molecule has 26 heavy (non-hydrogen) atoms. The van der Waals surface area contributed by atoms with Crippen LogP contribution in [0.2, 0.25) is 0 Å². The van der Waals surface area contributed by atoms with Crippen molar-refractivity contribution in [2.75, 3.05) is 6.54 Å². The van der Waals surface area contributed by atoms with Crippen molar-refractivity contribution in [3.63, 3.8) is 0 Å². The lowest BCUT2D eigenvalue weighted by Gasteiger charge is -2.21. The summed E-state index contributed by atoms with van der Waals surface area (Å²) in [4.78, 5) is 46.2. The van der Waals surface area contributed by atoms with Gasteiger partial charge in [-0.2, -0.15) is 0 Å². The number of primary amides is 1. The van der Waals surface area contributed by atoms with E-state index in [1.54, 1.807) is 19.7 Å². The summed E-state index contributed by atoms with van der Waals surface area (Å²) < 4.78 is 5.07. The van der Waals surface area contributed by atoms with Gasteiger partial charge in [0.25, 0.3) is 0 Å². The minimum atomic E-state index is -1.05. The number of hydrogen-bond acceptors (Lipinski definition) is 6. The van der Waals surface area contributed by atoms with Crippen LogP contribution >= 0.6 is 0 Å². The highest BCUT2D eigenvalue weighted by Gasteiger charge is 2.25. The molecule has 6 N–H and O–H groups in total. The van der Waals surface area contributed by atoms with E-state index in [1.807, 2.05) is 0 Å². The number of nitrogens with zero attached hydrogens (tertiary/aromatic N) is 1. The number of nitrogens with one attached hydrogen (secondary N) is 2. The Kier molecular flexibility index (Phi) is 11.3. The summed E-state index contributed by atoms with van der Waals surface area (Å²) in [6.45, 7) is 3.58. The van der Waals surface area contributed by atoms with Crippen molar-refractivity contribution in [3.8, 4) is 0 Å². The Morgan fingerprint density at radius 2 is 1.88 bits per heavy atom. The first-order chi connectivity index (χ1) is 12.2. The highest BCUT2D eigenvalue weighted by molar-refractivity contribution is 5.97. The predicted octanol–water partition coefficient (Wildman–Crippen LogP) is -0.657. The first-order valence-corrected chi connectivity index (χ1v) is 8.22. The fourth-order valence-corrected chi connectivity index (χ4v) is 1.94. The fourth-order valence-electron chi connectivity index (χ4n) is 1.94. The molecule has 0 fully saturated rings. The molecule has 10 nitrogen and oxygen atoms in total. The second kappa shape index (κ2) is 12.6. The van der Waals surface area contributed by atoms with Gasteiger partial charge in [-0.3, -0.25) is 15.5 Å². The standard InChI is InChI=1S/C16H26N5O5/c1-10(2)26-15(24)13(6-5-11(22)7-8-17)21-14(23)12(18)4-3-9-20-16(19)25/h7,10,12-13H,3-6,9,18H2,1-2H3,(H,21,23)(H3,19,20,25)/q-1/t12-,13-/m0/s1. The number of urea groups is 1. The average molecular weight is 368 g/mol. The first-order valence-electron chi connectivity index (χ1n) is 8.22. The summed E-state index contributed by atoms with van der Waals surface area (Å²) in [5.41, 5.74) is 10.7. The summed E-state index contributed by atoms with van der Waals surface area (Å²) in [7, 11) is 0. The maximum Gasteiger partial charge on any atom is 0.328 e. The second-order valence-corrected chi connectivity index (χ2v) is 5.86. The summed E-state index contributed by atoms with van der Waals surface area (Å²) in [6, 6.07) is -2.62. The van der Waals surface area contributed by atoms with Crippen molar-refractivity contribution in [2.45, 2.75) is 57.7 Å². The molecule has 0 radical (unpaired) electrons. The molecule has 0 saturated carbocycles. The minimum Gasteiger partial charge on any atom is -0.763 e. The van der Waals surface area contributed by atoms with Gasteiger partial charge in [0.1, 0.15) is 6.04 Å². The van der Waals surface area contributed by atoms with Crippen molar-refractivity contribution < 1.29 is 23.9 Å². The van der Waals surface area contributed by atoms with Gasteiger partial charge >= 0.3 is 12.0 Å². The van der Waals surface area contributed by atoms with Crippen LogP contribution in [-0.4, -0.2) is 54.3 Å². The lowest BCUT2D eigenvalue weighted by atomic mass is 10.1. The van der Waals surface area contributed by atoms with Crippen LogP contribution in [0.5, 0.6) is 0 Å². The third-order valence-corrected chi connectivity index (χ3v) is 3.19. The van der Waals surface area contributed by atoms with E-state index < -0.39 is 41.9 Å². The summed E-state index contributed by atoms with van der Waals surface area (Å²) >= 11 is 0. The van der Waals surface area contributed by atoms with Gasteiger partial charge in [-0.1, -0.05) is 0 Å². The van der Waals surface area contributed by atoms with E-state index in [0.29, 0.717) is 6.42 Å². The van der Waals surface area contributed by atoms with Crippen molar-refractivity contribution in [1.82, 2.24) is 10.6 Å². The Bertz CT molecular complexity index is 557. The minimum absolute atomic E-state index is 0.00967. The molecule has 0 aliphatic rings. The van der Waals surface area contributed by atoms with Crippen LogP contribution in [0.1, 0.15) is 39.5 Å². The number of ketones is 1. The van der Waals surface area contributed by atoms with Gasteiger partial charge in [0, 0.05) is 13.0 Å². The molecule has 0 aromatic rings. The van der Waals surface area contributed by atoms with Gasteiger partial charge in [-0.25, -0.2) is 9.59 Å². The molecule has 0 saturated heterocycles. The zero-order valence-electron chi connectivity index (χ0n) is 15.0. The van der Waals surface area contributed by atoms with Crippen molar-refractivity contribution in [1.29, 1.82) is 0 Å². The van der Waals surface area contributed by atoms with Crippen LogP contribution in [-0.2, 0) is 19.1 Å². The van der Waals surface area contributed by atoms with E-state index in [1.165, 1.54) is 0 Å². The van der Waals surface area contributed by atoms with Gasteiger partial charge < -0.3 is 32.2 Å². The number of nitrogens with two attached hydrogens (primary N) is 2. The number of amides is 3. The molecule has 0 spiro atoms. The summed E-state index contributed by atoms with van der Waals surface area (Å²) in [5, 5.41) is 13.3. The molecule has 0 aromatic heterocycles. The predicted molar refractivity (Wildman–Crippen MR) is 95.1 cm³/mol. The SMILES string of the molecule is CC(C)OC(=O)[C@H](CCC(=O)C=C=[N-])NC(=O)[C@@H](N)CCCNC(N)=O. The zero-order valence-corrected chi connectivity index (χ0v) is 15.0. The van der Waals surface area contributed by atoms with Crippen LogP contribution in [0.4, 0.5) is 4.79 Å². The maximum absolute atomic E-state index is 12.1. The van der Waals surface area contributed by atoms with E-state index in [2.05, 4.69) is 10.6 Å². The number of ether oxygens (including phenoxy) is 1. The Labute approximate surface area is 152 Å². The highest BCUT2D eigenvalue weighted by atomic mass is 16.5. The topological polar surface area (TPSA) is 176 Å². The lowest BCUT2D eigenvalue weighted by molar-refractivity contribution is -0.151. The smallest absolute Gasteiger partial charge is 0.328 e. The molecule has 0 heterocycles. The van der Waals surface area contributed by atoms with E-state index >= 15 is 0 Å². The molecule has 0 bridgehead atoms. The monoisotopic (exact) mass is 368 g/mol. The number of allylic oxidation sites excluding steroid dienone is 1. The Morgan fingerprint density at radius 1 is 1.23 bits per heavy atom. The summed E-state index contributed by atoms with van der Waals surface area (Å²) in [5.74, 6) is -0.0987. The normalized spacial score (nSPS) is 12.5. The molecular formula is C16H26N5O5-. The number of esters is 1. The van der Waals surface area contributed by atoms with E-state index in [9.17, 15) is 19.2 Å². The van der Waals surface area contributed by atoms with Crippen LogP contribution < -0.4 is 22.1 Å². The van der Waals surface area contributed by atoms with E-state index in [4.69, 9.17) is 21.6 Å². The molecule has 0 aliphatic carbocycles. The maximum atomic E-state index is 12.1. The van der Waals surface area contributed by atoms with Crippen LogP contribution in [0.25, 0.3) is 5.41 Å². The third-order valence-electron chi connectivity index (χ3n) is 3.19. The van der Waals surface area contributed by atoms with Gasteiger partial charge in [0.2, 0.25) is 5.91 Å². The van der Waals surface area contributed by atoms with E-state index in [0.717, 1.165) is 6.08 Å². The quantitative estimate of drug-likeness (QED) is 0.154. The van der Waals surface area contributed by atoms with Gasteiger partial charge in [0.05, 0.1) is 12.1 Å². The van der Waals surface area contributed by atoms with Crippen molar-refractivity contribution >= 4 is 29.6 Å². The lowest BCUT2D eigenvalue weighted by Crippen LogP contribution is -2.49. The molecule has 146 valence electrons. The number of rotatable bonds is 12. The Balaban J connectivity index is 4.68. The van der Waals surface area contributed by atoms with Gasteiger partial charge in [-0.05, 0) is 39.2 Å². The molecule has 0 rings (SSSR count). The number of carbonyl (C=O) groups excluding carboxylic acids is 4. The molecule has 0 aliphatic heterocycles.